The Morgan fingerprint density at radius 3 is 0.789 bits per heavy atom. The number of hydrogen-bond donors (Lipinski definition) is 1. The van der Waals surface area contributed by atoms with Crippen LogP contribution in [0.3, 0.4) is 0 Å². The van der Waals surface area contributed by atoms with Gasteiger partial charge in [0.15, 0.2) is 0 Å². The Bertz CT molecular complexity index is 1330. The summed E-state index contributed by atoms with van der Waals surface area (Å²) >= 11 is 0. The molecule has 8 heterocycles. The Morgan fingerprint density at radius 1 is 0.300 bits per heavy atom. The van der Waals surface area contributed by atoms with Gasteiger partial charge in [0.25, 0.3) is 0 Å². The predicted molar refractivity (Wildman–Crippen MR) is 410 cm³/mol. The second-order valence-corrected chi connectivity index (χ2v) is 22.4. The van der Waals surface area contributed by atoms with E-state index in [1.807, 2.05) is 154 Å². The van der Waals surface area contributed by atoms with Crippen molar-refractivity contribution in [2.24, 2.45) is 0 Å². The molecule has 1 aliphatic carbocycles. The molecular weight excluding hydrogens is 1110 g/mol. The highest BCUT2D eigenvalue weighted by molar-refractivity contribution is 4.79. The van der Waals surface area contributed by atoms with E-state index in [0.29, 0.717) is 24.2 Å². The number of likely N-dealkylation sites (tertiary alicyclic amines) is 3. The van der Waals surface area contributed by atoms with Crippen molar-refractivity contribution in [3.05, 3.63) is 49.8 Å². The van der Waals surface area contributed by atoms with Crippen LogP contribution in [0, 0.1) is 0 Å². The Hall–Kier alpha value is -2.72. The first kappa shape index (κ1) is 106. The first-order chi connectivity index (χ1) is 43.4. The molecule has 14 heteroatoms. The zero-order chi connectivity index (χ0) is 71.5. The van der Waals surface area contributed by atoms with Gasteiger partial charge in [-0.15, -0.1) is 0 Å². The third kappa shape index (κ3) is 69.6. The third-order valence-corrected chi connectivity index (χ3v) is 13.9. The molecule has 546 valence electrons. The number of nitrogens with one attached hydrogen (secondary N) is 1. The Balaban J connectivity index is -0.000000114. The van der Waals surface area contributed by atoms with Gasteiger partial charge in [0.05, 0.1) is 19.5 Å². The molecule has 14 nitrogen and oxygen atoms in total. The Kier molecular flexibility index (Phi) is 102. The summed E-state index contributed by atoms with van der Waals surface area (Å²) in [6.45, 7) is 88.0. The summed E-state index contributed by atoms with van der Waals surface area (Å²) in [6, 6.07) is 7.12. The minimum absolute atomic E-state index is 0.428. The molecule has 6 fully saturated rings. The fraction of sp³-hybridized carbons (Fsp3) is 0.895. The summed E-state index contributed by atoms with van der Waals surface area (Å²) in [4.78, 5) is 20.3. The van der Waals surface area contributed by atoms with E-state index in [1.54, 1.807) is 29.7 Å². The van der Waals surface area contributed by atoms with E-state index < -0.39 is 0 Å². The zero-order valence-corrected chi connectivity index (χ0v) is 67.9. The van der Waals surface area contributed by atoms with E-state index >= 15 is 0 Å². The van der Waals surface area contributed by atoms with Crippen LogP contribution in [0.2, 0.25) is 0 Å². The number of aromatic nitrogens is 7. The molecule has 3 aromatic heterocycles. The van der Waals surface area contributed by atoms with Crippen LogP contribution in [0.4, 0.5) is 0 Å². The topological polar surface area (TPSA) is 104 Å². The molecule has 0 radical (unpaired) electrons. The summed E-state index contributed by atoms with van der Waals surface area (Å²) in [5, 5.41) is 11.3. The van der Waals surface area contributed by atoms with E-state index in [1.165, 1.54) is 129 Å². The van der Waals surface area contributed by atoms with Gasteiger partial charge in [0.2, 0.25) is 0 Å². The quantitative estimate of drug-likeness (QED) is 0.233. The maximum absolute atomic E-state index is 5.21. The van der Waals surface area contributed by atoms with Crippen molar-refractivity contribution in [3.8, 4) is 0 Å². The van der Waals surface area contributed by atoms with Gasteiger partial charge in [0.1, 0.15) is 12.7 Å². The van der Waals surface area contributed by atoms with Gasteiger partial charge >= 0.3 is 0 Å². The number of nitrogens with zero attached hydrogens (tertiary/aromatic N) is 12. The van der Waals surface area contributed by atoms with E-state index in [0.717, 1.165) is 63.6 Å². The number of hydrogen-bond acceptors (Lipinski definition) is 11. The number of piperidine rings is 2. The van der Waals surface area contributed by atoms with Crippen molar-refractivity contribution in [1.82, 2.24) is 63.9 Å². The normalized spacial score (nSPS) is 15.7. The Morgan fingerprint density at radius 2 is 0.611 bits per heavy atom. The SMILES string of the molecule is C1CCC1.CC.CC.CC.CC.CC.CC.CC.CC.CC.CC(C)N1CCCC1.CC(C)N1CCCCC1.CC(C)N1CCCCC1.CC(C)N1CCNCC1.CC(C)N1CCOCC1.CC(C)n1cccn1.CC(C)n1ccnc1.CC(C)n1cncn1. The summed E-state index contributed by atoms with van der Waals surface area (Å²) in [7, 11) is 0. The highest BCUT2D eigenvalue weighted by Crippen LogP contribution is 2.15. The average molecular weight is 1280 g/mol. The second-order valence-electron chi connectivity index (χ2n) is 22.4. The lowest BCUT2D eigenvalue weighted by molar-refractivity contribution is 0.0238. The molecule has 1 N–H and O–H groups in total. The molecule has 0 amide bonds. The van der Waals surface area contributed by atoms with Crippen LogP contribution in [0.25, 0.3) is 0 Å². The fourth-order valence-corrected chi connectivity index (χ4v) is 8.31. The largest absolute Gasteiger partial charge is 0.379 e. The first-order valence-corrected chi connectivity index (χ1v) is 38.2. The zero-order valence-electron chi connectivity index (χ0n) is 67.9. The molecular formula is C76H171N13O. The molecule has 3 aromatic rings. The first-order valence-electron chi connectivity index (χ1n) is 38.2. The van der Waals surface area contributed by atoms with Crippen molar-refractivity contribution in [2.75, 3.05) is 91.8 Å². The number of rotatable bonds is 8. The van der Waals surface area contributed by atoms with Gasteiger partial charge in [-0.1, -0.05) is 163 Å². The van der Waals surface area contributed by atoms with Crippen molar-refractivity contribution in [3.63, 3.8) is 0 Å². The number of ether oxygens (including phenoxy) is 1. The van der Waals surface area contributed by atoms with Gasteiger partial charge in [-0.25, -0.2) is 9.97 Å². The van der Waals surface area contributed by atoms with Crippen LogP contribution in [-0.4, -0.2) is 181 Å². The number of imidazole rings is 1. The third-order valence-electron chi connectivity index (χ3n) is 13.9. The Labute approximate surface area is 568 Å². The van der Waals surface area contributed by atoms with Crippen molar-refractivity contribution in [1.29, 1.82) is 0 Å². The minimum Gasteiger partial charge on any atom is -0.379 e. The van der Waals surface area contributed by atoms with Gasteiger partial charge < -0.3 is 29.3 Å². The fourth-order valence-electron chi connectivity index (χ4n) is 8.31. The molecule has 0 spiro atoms. The van der Waals surface area contributed by atoms with Crippen LogP contribution in [0.5, 0.6) is 0 Å². The van der Waals surface area contributed by atoms with Crippen LogP contribution in [-0.2, 0) is 4.74 Å². The van der Waals surface area contributed by atoms with E-state index in [4.69, 9.17) is 4.74 Å². The van der Waals surface area contributed by atoms with Crippen molar-refractivity contribution < 1.29 is 4.74 Å². The highest BCUT2D eigenvalue weighted by Gasteiger charge is 2.15. The molecule has 0 bridgehead atoms. The standard InChI is InChI=1S/2C8H17N.C7H16N2.C7H15NO.C7H15N.2C6H10N2.C5H9N3.C4H8.9C2H6/c2*1-8(2)9-6-4-3-5-7-9;1-7(2)9-5-3-8-4-6-9;1-7(2)8-3-5-9-6-4-8;1-7(2)8-5-3-4-6-8;1-6(2)8-4-3-7-5-8;1-6(2)8-5-3-4-7-8;1-5(2)8-4-6-3-7-8;1-2-4-3-1;9*1-2/h2*8H,3-7H2,1-2H3;7-8H,3-6H2,1-2H3;7H,3-6H2,1-2H3;7H,3-6H2,1-2H3;2*3-6H,1-2H3;3-5H,1-2H3;1-4H2;9*1-2H3. The highest BCUT2D eigenvalue weighted by atomic mass is 16.5. The van der Waals surface area contributed by atoms with Crippen LogP contribution in [0.15, 0.2) is 49.8 Å². The number of morpholine rings is 1. The van der Waals surface area contributed by atoms with Crippen LogP contribution < -0.4 is 5.32 Å². The molecule has 0 aromatic carbocycles. The molecule has 1 saturated carbocycles. The summed E-state index contributed by atoms with van der Waals surface area (Å²) < 4.78 is 11.0. The summed E-state index contributed by atoms with van der Waals surface area (Å²) in [5.41, 5.74) is 0. The molecule has 9 rings (SSSR count). The van der Waals surface area contributed by atoms with Crippen molar-refractivity contribution in [2.45, 2.75) is 361 Å². The lowest BCUT2D eigenvalue weighted by atomic mass is 10.0. The van der Waals surface area contributed by atoms with E-state index in [-0.39, 0.29) is 0 Å². The summed E-state index contributed by atoms with van der Waals surface area (Å²) in [5.74, 6) is 0. The maximum atomic E-state index is 5.21. The lowest BCUT2D eigenvalue weighted by Crippen LogP contribution is -2.46. The monoisotopic (exact) mass is 1280 g/mol. The smallest absolute Gasteiger partial charge is 0.137 e. The molecule has 5 saturated heterocycles. The van der Waals surface area contributed by atoms with E-state index in [9.17, 15) is 0 Å². The van der Waals surface area contributed by atoms with Crippen LogP contribution >= 0.6 is 0 Å². The molecule has 0 atom stereocenters. The second kappa shape index (κ2) is 86.3. The lowest BCUT2D eigenvalue weighted by Gasteiger charge is -2.30. The minimum atomic E-state index is 0.428. The average Bonchev–Trinajstić information content (AvgIpc) is 4.58. The maximum Gasteiger partial charge on any atom is 0.137 e. The van der Waals surface area contributed by atoms with Crippen molar-refractivity contribution >= 4 is 0 Å². The van der Waals surface area contributed by atoms with E-state index in [2.05, 4.69) is 165 Å². The summed E-state index contributed by atoms with van der Waals surface area (Å²) in [6.07, 6.45) is 30.0. The molecule has 5 aliphatic heterocycles. The molecule has 0 unspecified atom stereocenters. The predicted octanol–water partition coefficient (Wildman–Crippen LogP) is 20.9. The number of piperazine rings is 1. The molecule has 90 heavy (non-hydrogen) atoms. The molecule has 6 aliphatic rings. The van der Waals surface area contributed by atoms with Gasteiger partial charge in [-0.3, -0.25) is 19.2 Å². The van der Waals surface area contributed by atoms with Gasteiger partial charge in [-0.05, 0) is 195 Å². The van der Waals surface area contributed by atoms with Gasteiger partial charge in [-0.2, -0.15) is 10.2 Å². The van der Waals surface area contributed by atoms with Crippen LogP contribution in [0.1, 0.15) is 331 Å². The van der Waals surface area contributed by atoms with Gasteiger partial charge in [0, 0.05) is 112 Å².